The number of benzene rings is 1. The van der Waals surface area contributed by atoms with E-state index in [1.807, 2.05) is 6.92 Å². The van der Waals surface area contributed by atoms with Gasteiger partial charge in [-0.25, -0.2) is 9.50 Å². The Morgan fingerprint density at radius 3 is 2.66 bits per heavy atom. The largest absolute Gasteiger partial charge is 0.355 e. The van der Waals surface area contributed by atoms with Crippen LogP contribution in [-0.4, -0.2) is 37.8 Å². The zero-order valence-corrected chi connectivity index (χ0v) is 18.6. The number of thioether (sulfide) groups is 1. The smallest absolute Gasteiger partial charge is 0.253 e. The Bertz CT molecular complexity index is 1010. The van der Waals surface area contributed by atoms with Gasteiger partial charge < -0.3 is 5.32 Å². The molecule has 2 heterocycles. The second-order valence-electron chi connectivity index (χ2n) is 7.79. The molecule has 0 radical (unpaired) electrons. The summed E-state index contributed by atoms with van der Waals surface area (Å²) in [5.74, 6) is 1.48. The van der Waals surface area contributed by atoms with Crippen molar-refractivity contribution in [2.24, 2.45) is 5.92 Å². The van der Waals surface area contributed by atoms with Crippen molar-refractivity contribution < 1.29 is 4.79 Å². The second-order valence-corrected chi connectivity index (χ2v) is 8.73. The number of carbonyl (C=O) groups excluding carboxylic acids is 1. The Morgan fingerprint density at radius 2 is 1.93 bits per heavy atom. The summed E-state index contributed by atoms with van der Waals surface area (Å²) in [5.41, 5.74) is 5.72. The monoisotopic (exact) mass is 411 g/mol. The van der Waals surface area contributed by atoms with Gasteiger partial charge in [-0.1, -0.05) is 49.9 Å². The average molecular weight is 412 g/mol. The first kappa shape index (κ1) is 21.3. The van der Waals surface area contributed by atoms with E-state index in [1.165, 1.54) is 28.5 Å². The Labute approximate surface area is 176 Å². The van der Waals surface area contributed by atoms with Crippen LogP contribution < -0.4 is 5.32 Å². The normalized spacial score (nSPS) is 11.4. The van der Waals surface area contributed by atoms with Crippen molar-refractivity contribution in [3.63, 3.8) is 0 Å². The molecule has 0 unspecified atom stereocenters. The molecule has 0 aliphatic heterocycles. The molecule has 0 atom stereocenters. The number of rotatable bonds is 8. The summed E-state index contributed by atoms with van der Waals surface area (Å²) in [7, 11) is 0. The number of nitrogens with zero attached hydrogens (tertiary/aromatic N) is 4. The molecule has 6 nitrogen and oxygen atoms in total. The van der Waals surface area contributed by atoms with E-state index in [0.29, 0.717) is 29.1 Å². The molecule has 154 valence electrons. The third-order valence-corrected chi connectivity index (χ3v) is 5.87. The van der Waals surface area contributed by atoms with Gasteiger partial charge in [0, 0.05) is 24.4 Å². The van der Waals surface area contributed by atoms with E-state index in [9.17, 15) is 4.79 Å². The van der Waals surface area contributed by atoms with Crippen LogP contribution in [0, 0.1) is 26.7 Å². The molecule has 0 saturated carbocycles. The number of fused-ring (bicyclic) bond motifs is 1. The van der Waals surface area contributed by atoms with Gasteiger partial charge >= 0.3 is 0 Å². The predicted octanol–water partition coefficient (Wildman–Crippen LogP) is 3.89. The van der Waals surface area contributed by atoms with Gasteiger partial charge in [0.25, 0.3) is 5.78 Å². The van der Waals surface area contributed by atoms with Crippen LogP contribution in [-0.2, 0) is 11.2 Å². The summed E-state index contributed by atoms with van der Waals surface area (Å²) in [6.45, 7) is 11.2. The van der Waals surface area contributed by atoms with E-state index >= 15 is 0 Å². The molecule has 2 aromatic heterocycles. The molecular weight excluding hydrogens is 382 g/mol. The van der Waals surface area contributed by atoms with Crippen molar-refractivity contribution in [2.75, 3.05) is 12.3 Å². The Hall–Kier alpha value is -2.41. The fourth-order valence-corrected chi connectivity index (χ4v) is 3.84. The molecule has 1 aromatic carbocycles. The van der Waals surface area contributed by atoms with Gasteiger partial charge in [-0.2, -0.15) is 4.98 Å². The lowest BCUT2D eigenvalue weighted by molar-refractivity contribution is -0.118. The minimum absolute atomic E-state index is 0.00982. The number of aromatic nitrogens is 4. The molecule has 1 N–H and O–H groups in total. The second kappa shape index (κ2) is 9.39. The summed E-state index contributed by atoms with van der Waals surface area (Å²) < 4.78 is 1.79. The van der Waals surface area contributed by atoms with Gasteiger partial charge in [-0.15, -0.1) is 5.10 Å². The minimum atomic E-state index is 0.00982. The highest BCUT2D eigenvalue weighted by Gasteiger charge is 2.15. The molecule has 0 fully saturated rings. The molecule has 1 amide bonds. The fourth-order valence-electron chi connectivity index (χ4n) is 3.19. The number of carbonyl (C=O) groups is 1. The van der Waals surface area contributed by atoms with E-state index in [2.05, 4.69) is 72.3 Å². The number of nitrogens with one attached hydrogen (secondary N) is 1. The lowest BCUT2D eigenvalue weighted by atomic mass is 9.99. The highest BCUT2D eigenvalue weighted by molar-refractivity contribution is 7.99. The highest BCUT2D eigenvalue weighted by atomic mass is 32.2. The summed E-state index contributed by atoms with van der Waals surface area (Å²) in [4.78, 5) is 21.2. The third-order valence-electron chi connectivity index (χ3n) is 5.03. The van der Waals surface area contributed by atoms with Gasteiger partial charge in [0.15, 0.2) is 0 Å². The summed E-state index contributed by atoms with van der Waals surface area (Å²) in [5, 5.41) is 8.10. The van der Waals surface area contributed by atoms with Crippen LogP contribution in [0.1, 0.15) is 48.3 Å². The van der Waals surface area contributed by atoms with E-state index in [-0.39, 0.29) is 5.91 Å². The first-order chi connectivity index (χ1) is 13.8. The van der Waals surface area contributed by atoms with Crippen LogP contribution in [0.4, 0.5) is 0 Å². The van der Waals surface area contributed by atoms with E-state index in [4.69, 9.17) is 0 Å². The Balaban J connectivity index is 1.74. The molecule has 0 aliphatic rings. The Kier molecular flexibility index (Phi) is 6.90. The lowest BCUT2D eigenvalue weighted by Gasteiger charge is -2.11. The maximum Gasteiger partial charge on any atom is 0.253 e. The zero-order valence-electron chi connectivity index (χ0n) is 17.8. The minimum Gasteiger partial charge on any atom is -0.355 e. The molecule has 0 saturated heterocycles. The summed E-state index contributed by atoms with van der Waals surface area (Å²) >= 11 is 1.34. The van der Waals surface area contributed by atoms with Crippen LogP contribution in [0.5, 0.6) is 0 Å². The van der Waals surface area contributed by atoms with Crippen LogP contribution in [0.15, 0.2) is 29.4 Å². The summed E-state index contributed by atoms with van der Waals surface area (Å²) in [6.07, 6.45) is 1.79. The zero-order chi connectivity index (χ0) is 21.0. The molecule has 0 bridgehead atoms. The van der Waals surface area contributed by atoms with Crippen molar-refractivity contribution in [1.29, 1.82) is 0 Å². The predicted molar refractivity (Wildman–Crippen MR) is 117 cm³/mol. The van der Waals surface area contributed by atoms with Crippen molar-refractivity contribution in [1.82, 2.24) is 24.9 Å². The molecular formula is C22H29N5OS. The number of hydrogen-bond donors (Lipinski definition) is 1. The quantitative estimate of drug-likeness (QED) is 0.569. The first-order valence-corrected chi connectivity index (χ1v) is 11.0. The SMILES string of the molecule is Cc1ccccc1Cc1c(C)nc2nc(SCC(=O)NCCC(C)C)nn2c1C. The molecule has 3 aromatic rings. The molecule has 29 heavy (non-hydrogen) atoms. The standard InChI is InChI=1S/C22H29N5OS/c1-14(2)10-11-23-20(28)13-29-22-25-21-24-16(4)19(17(5)27(21)26-22)12-18-9-7-6-8-15(18)3/h6-9,14H,10-13H2,1-5H3,(H,23,28). The van der Waals surface area contributed by atoms with E-state index in [1.54, 1.807) is 4.52 Å². The van der Waals surface area contributed by atoms with Crippen molar-refractivity contribution >= 4 is 23.4 Å². The number of aryl methyl sites for hydroxylation is 3. The van der Waals surface area contributed by atoms with E-state index < -0.39 is 0 Å². The molecule has 0 spiro atoms. The van der Waals surface area contributed by atoms with Crippen LogP contribution in [0.3, 0.4) is 0 Å². The third kappa shape index (κ3) is 5.35. The van der Waals surface area contributed by atoms with Gasteiger partial charge in [-0.05, 0) is 49.8 Å². The Morgan fingerprint density at radius 1 is 1.17 bits per heavy atom. The van der Waals surface area contributed by atoms with Gasteiger partial charge in [0.2, 0.25) is 11.1 Å². The van der Waals surface area contributed by atoms with Gasteiger partial charge in [0.1, 0.15) is 0 Å². The first-order valence-electron chi connectivity index (χ1n) is 10.0. The van der Waals surface area contributed by atoms with Crippen LogP contribution in [0.2, 0.25) is 0 Å². The van der Waals surface area contributed by atoms with Gasteiger partial charge in [0.05, 0.1) is 5.75 Å². The fraction of sp³-hybridized carbons (Fsp3) is 0.455. The maximum atomic E-state index is 12.0. The average Bonchev–Trinajstić information content (AvgIpc) is 3.07. The van der Waals surface area contributed by atoms with Crippen LogP contribution in [0.25, 0.3) is 5.78 Å². The van der Waals surface area contributed by atoms with E-state index in [0.717, 1.165) is 24.2 Å². The summed E-state index contributed by atoms with van der Waals surface area (Å²) in [6, 6.07) is 8.40. The van der Waals surface area contributed by atoms with Gasteiger partial charge in [-0.3, -0.25) is 4.79 Å². The molecule has 3 rings (SSSR count). The topological polar surface area (TPSA) is 72.2 Å². The van der Waals surface area contributed by atoms with Crippen molar-refractivity contribution in [3.8, 4) is 0 Å². The maximum absolute atomic E-state index is 12.0. The highest BCUT2D eigenvalue weighted by Crippen LogP contribution is 2.21. The van der Waals surface area contributed by atoms with Crippen molar-refractivity contribution in [3.05, 3.63) is 52.3 Å². The molecule has 0 aliphatic carbocycles. The van der Waals surface area contributed by atoms with Crippen molar-refractivity contribution in [2.45, 2.75) is 52.6 Å². The molecule has 7 heteroatoms. The number of amides is 1. The number of hydrogen-bond acceptors (Lipinski definition) is 5. The lowest BCUT2D eigenvalue weighted by Crippen LogP contribution is -2.26. The van der Waals surface area contributed by atoms with Crippen LogP contribution >= 0.6 is 11.8 Å².